The number of nitrogens with one attached hydrogen (secondary N) is 2. The summed E-state index contributed by atoms with van der Waals surface area (Å²) in [5.41, 5.74) is 4.53. The molecule has 1 aromatic rings. The maximum absolute atomic E-state index is 13.4. The van der Waals surface area contributed by atoms with E-state index in [4.69, 9.17) is 4.74 Å². The summed E-state index contributed by atoms with van der Waals surface area (Å²) in [6, 6.07) is 4.62. The highest BCUT2D eigenvalue weighted by Gasteiger charge is 2.43. The maximum Gasteiger partial charge on any atom is 0.410 e. The van der Waals surface area contributed by atoms with Gasteiger partial charge in [-0.05, 0) is 83.0 Å². The van der Waals surface area contributed by atoms with Crippen LogP contribution in [0, 0.1) is 28.5 Å². The Morgan fingerprint density at radius 1 is 1.27 bits per heavy atom. The lowest BCUT2D eigenvalue weighted by atomic mass is 9.70. The molecule has 2 rings (SSSR count). The lowest BCUT2D eigenvalue weighted by molar-refractivity contribution is -0.127. The van der Waals surface area contributed by atoms with E-state index in [-0.39, 0.29) is 0 Å². The number of hydrazine groups is 1. The number of amides is 2. The molecule has 2 N–H and O–H groups in total. The van der Waals surface area contributed by atoms with Crippen molar-refractivity contribution in [1.29, 1.82) is 5.26 Å². The number of benzene rings is 1. The minimum absolute atomic E-state index is 0.393. The topological polar surface area (TPSA) is 94.5 Å². The standard InChI is InChI=1S/C20H25Br2FN4O3/c1-19(2,3)30-18(29)27-7-5-20(4,6-8-27)13(11-24)17(28)26-25-16-14(21)9-12(23)10-15(16)22/h9-10,13,25H,5-8H2,1-4H3,(H,26,28). The Bertz CT molecular complexity index is 836. The van der Waals surface area contributed by atoms with Gasteiger partial charge in [0.25, 0.3) is 5.91 Å². The Morgan fingerprint density at radius 2 is 1.80 bits per heavy atom. The molecule has 1 fully saturated rings. The van der Waals surface area contributed by atoms with Crippen LogP contribution in [0.3, 0.4) is 0 Å². The van der Waals surface area contributed by atoms with Crippen molar-refractivity contribution in [2.45, 2.75) is 46.1 Å². The quantitative estimate of drug-likeness (QED) is 0.519. The van der Waals surface area contributed by atoms with Crippen LogP contribution in [0.1, 0.15) is 40.5 Å². The fourth-order valence-electron chi connectivity index (χ4n) is 3.20. The molecule has 0 spiro atoms. The van der Waals surface area contributed by atoms with Gasteiger partial charge in [-0.1, -0.05) is 6.92 Å². The van der Waals surface area contributed by atoms with Gasteiger partial charge in [0.1, 0.15) is 17.3 Å². The van der Waals surface area contributed by atoms with E-state index in [1.807, 2.05) is 6.92 Å². The molecule has 1 atom stereocenters. The van der Waals surface area contributed by atoms with Crippen molar-refractivity contribution >= 4 is 49.5 Å². The number of rotatable bonds is 4. The van der Waals surface area contributed by atoms with E-state index in [0.29, 0.717) is 40.6 Å². The molecule has 30 heavy (non-hydrogen) atoms. The molecular formula is C20H25Br2FN4O3. The Morgan fingerprint density at radius 3 is 2.27 bits per heavy atom. The molecule has 1 saturated heterocycles. The van der Waals surface area contributed by atoms with E-state index in [0.717, 1.165) is 0 Å². The van der Waals surface area contributed by atoms with Crippen LogP contribution in [0.5, 0.6) is 0 Å². The molecule has 0 bridgehead atoms. The van der Waals surface area contributed by atoms with Crippen molar-refractivity contribution in [3.05, 3.63) is 26.9 Å². The molecule has 2 amide bonds. The number of likely N-dealkylation sites (tertiary alicyclic amines) is 1. The molecule has 1 unspecified atom stereocenters. The predicted octanol–water partition coefficient (Wildman–Crippen LogP) is 4.97. The third kappa shape index (κ3) is 6.08. The highest BCUT2D eigenvalue weighted by molar-refractivity contribution is 9.11. The van der Waals surface area contributed by atoms with Gasteiger partial charge in [-0.15, -0.1) is 0 Å². The number of halogens is 3. The van der Waals surface area contributed by atoms with Crippen molar-refractivity contribution in [3.8, 4) is 6.07 Å². The number of carbonyl (C=O) groups excluding carboxylic acids is 2. The highest BCUT2D eigenvalue weighted by Crippen LogP contribution is 2.39. The summed E-state index contributed by atoms with van der Waals surface area (Å²) >= 11 is 6.46. The number of carbonyl (C=O) groups is 2. The first kappa shape index (κ1) is 24.4. The average Bonchev–Trinajstić information content (AvgIpc) is 2.60. The molecule has 0 aromatic heterocycles. The van der Waals surface area contributed by atoms with Crippen LogP contribution >= 0.6 is 31.9 Å². The molecule has 7 nitrogen and oxygen atoms in total. The Balaban J connectivity index is 2.01. The van der Waals surface area contributed by atoms with Gasteiger partial charge in [0, 0.05) is 22.0 Å². The monoisotopic (exact) mass is 546 g/mol. The van der Waals surface area contributed by atoms with Crippen molar-refractivity contribution in [3.63, 3.8) is 0 Å². The lowest BCUT2D eigenvalue weighted by Crippen LogP contribution is -2.50. The minimum atomic E-state index is -0.927. The van der Waals surface area contributed by atoms with Crippen molar-refractivity contribution in [2.75, 3.05) is 18.5 Å². The largest absolute Gasteiger partial charge is 0.444 e. The number of hydrogen-bond donors (Lipinski definition) is 2. The Kier molecular flexibility index (Phi) is 7.74. The van der Waals surface area contributed by atoms with Crippen LogP contribution in [-0.2, 0) is 9.53 Å². The zero-order valence-electron chi connectivity index (χ0n) is 17.3. The smallest absolute Gasteiger partial charge is 0.410 e. The molecule has 1 heterocycles. The van der Waals surface area contributed by atoms with Gasteiger partial charge >= 0.3 is 6.09 Å². The number of nitriles is 1. The van der Waals surface area contributed by atoms with Gasteiger partial charge in [-0.25, -0.2) is 9.18 Å². The second kappa shape index (κ2) is 9.52. The van der Waals surface area contributed by atoms with Crippen molar-refractivity contribution in [2.24, 2.45) is 11.3 Å². The van der Waals surface area contributed by atoms with E-state index in [2.05, 4.69) is 48.8 Å². The van der Waals surface area contributed by atoms with E-state index in [1.54, 1.807) is 25.7 Å². The van der Waals surface area contributed by atoms with E-state index < -0.39 is 34.8 Å². The first-order valence-corrected chi connectivity index (χ1v) is 11.0. The fourth-order valence-corrected chi connectivity index (χ4v) is 4.53. The van der Waals surface area contributed by atoms with Gasteiger partial charge in [0.15, 0.2) is 0 Å². The summed E-state index contributed by atoms with van der Waals surface area (Å²) in [6.07, 6.45) is 0.583. The molecular weight excluding hydrogens is 523 g/mol. The SMILES string of the molecule is CC(C)(C)OC(=O)N1CCC(C)(C(C#N)C(=O)NNc2c(Br)cc(F)cc2Br)CC1. The minimum Gasteiger partial charge on any atom is -0.444 e. The van der Waals surface area contributed by atoms with Gasteiger partial charge in [-0.2, -0.15) is 5.26 Å². The van der Waals surface area contributed by atoms with Gasteiger partial charge in [0.05, 0.1) is 11.8 Å². The molecule has 1 aliphatic heterocycles. The van der Waals surface area contributed by atoms with E-state index in [9.17, 15) is 19.2 Å². The Labute approximate surface area is 192 Å². The van der Waals surface area contributed by atoms with Crippen LogP contribution in [0.4, 0.5) is 14.9 Å². The summed E-state index contributed by atoms with van der Waals surface area (Å²) in [5.74, 6) is -1.86. The van der Waals surface area contributed by atoms with Crippen molar-refractivity contribution < 1.29 is 18.7 Å². The molecule has 0 radical (unpaired) electrons. The maximum atomic E-state index is 13.4. The molecule has 0 aliphatic carbocycles. The van der Waals surface area contributed by atoms with Crippen LogP contribution in [-0.4, -0.2) is 35.6 Å². The predicted molar refractivity (Wildman–Crippen MR) is 118 cm³/mol. The Hall–Kier alpha value is -1.86. The van der Waals surface area contributed by atoms with E-state index in [1.165, 1.54) is 12.1 Å². The molecule has 1 aromatic carbocycles. The number of nitrogens with zero attached hydrogens (tertiary/aromatic N) is 2. The zero-order valence-corrected chi connectivity index (χ0v) is 20.5. The summed E-state index contributed by atoms with van der Waals surface area (Å²) < 4.78 is 19.6. The highest BCUT2D eigenvalue weighted by atomic mass is 79.9. The third-order valence-corrected chi connectivity index (χ3v) is 6.21. The van der Waals surface area contributed by atoms with Crippen LogP contribution in [0.2, 0.25) is 0 Å². The summed E-state index contributed by atoms with van der Waals surface area (Å²) in [7, 11) is 0. The first-order chi connectivity index (χ1) is 13.9. The average molecular weight is 548 g/mol. The summed E-state index contributed by atoms with van der Waals surface area (Å²) in [4.78, 5) is 26.6. The second-order valence-corrected chi connectivity index (χ2v) is 10.3. The second-order valence-electron chi connectivity index (χ2n) is 8.54. The van der Waals surface area contributed by atoms with Crippen LogP contribution in [0.15, 0.2) is 21.1 Å². The van der Waals surface area contributed by atoms with Crippen molar-refractivity contribution in [1.82, 2.24) is 10.3 Å². The molecule has 1 aliphatic rings. The lowest BCUT2D eigenvalue weighted by Gasteiger charge is -2.41. The molecule has 10 heteroatoms. The summed E-state index contributed by atoms with van der Waals surface area (Å²) in [6.45, 7) is 8.09. The number of piperidine rings is 1. The normalized spacial score (nSPS) is 16.9. The van der Waals surface area contributed by atoms with Crippen LogP contribution in [0.25, 0.3) is 0 Å². The fraction of sp³-hybridized carbons (Fsp3) is 0.550. The van der Waals surface area contributed by atoms with Gasteiger partial charge in [-0.3, -0.25) is 15.6 Å². The summed E-state index contributed by atoms with van der Waals surface area (Å²) in [5, 5.41) is 9.67. The van der Waals surface area contributed by atoms with Gasteiger partial charge < -0.3 is 9.64 Å². The molecule has 164 valence electrons. The first-order valence-electron chi connectivity index (χ1n) is 9.44. The number of anilines is 1. The van der Waals surface area contributed by atoms with E-state index >= 15 is 0 Å². The number of hydrogen-bond acceptors (Lipinski definition) is 5. The number of ether oxygens (including phenoxy) is 1. The van der Waals surface area contributed by atoms with Gasteiger partial charge in [0.2, 0.25) is 0 Å². The zero-order chi connectivity index (χ0) is 22.7. The van der Waals surface area contributed by atoms with Crippen LogP contribution < -0.4 is 10.9 Å². The third-order valence-electron chi connectivity index (χ3n) is 4.96. The molecule has 0 saturated carbocycles.